The van der Waals surface area contributed by atoms with Crippen molar-refractivity contribution in [2.45, 2.75) is 18.4 Å². The standard InChI is InChI=1S/C26H21Cl2N3O5S3/c1-14(18-13-37-24(23(18)32)16-5-8-19(27)20(28)11-16)30-31-26(34)22-10-9-21(38-22)25(33)29-12-15-3-6-17(7-4-15)39(2,35)36/h3-11,13,32H,12H2,1-2H3,(H,29,33)(H,31,34). The van der Waals surface area contributed by atoms with Gasteiger partial charge in [0.1, 0.15) is 5.75 Å². The second-order valence-corrected chi connectivity index (χ2v) is 13.2. The molecule has 4 rings (SSSR count). The van der Waals surface area contributed by atoms with Crippen LogP contribution in [-0.2, 0) is 16.4 Å². The number of carbonyl (C=O) groups is 2. The maximum Gasteiger partial charge on any atom is 0.281 e. The fourth-order valence-electron chi connectivity index (χ4n) is 3.41. The summed E-state index contributed by atoms with van der Waals surface area (Å²) in [7, 11) is -3.29. The number of benzene rings is 2. The van der Waals surface area contributed by atoms with E-state index in [2.05, 4.69) is 15.8 Å². The Bertz CT molecular complexity index is 1690. The van der Waals surface area contributed by atoms with Crippen LogP contribution in [0.3, 0.4) is 0 Å². The van der Waals surface area contributed by atoms with E-state index in [0.717, 1.165) is 23.2 Å². The van der Waals surface area contributed by atoms with Crippen molar-refractivity contribution in [1.82, 2.24) is 10.7 Å². The summed E-state index contributed by atoms with van der Waals surface area (Å²) < 4.78 is 23.1. The molecule has 4 aromatic rings. The lowest BCUT2D eigenvalue weighted by molar-refractivity contribution is 0.0950. The molecule has 0 aliphatic rings. The monoisotopic (exact) mass is 621 g/mol. The van der Waals surface area contributed by atoms with Gasteiger partial charge in [-0.05, 0) is 54.4 Å². The maximum atomic E-state index is 12.6. The molecule has 13 heteroatoms. The van der Waals surface area contributed by atoms with Gasteiger partial charge in [-0.1, -0.05) is 41.4 Å². The number of hydrazone groups is 1. The van der Waals surface area contributed by atoms with Crippen LogP contribution < -0.4 is 10.7 Å². The molecule has 0 unspecified atom stereocenters. The van der Waals surface area contributed by atoms with Crippen molar-refractivity contribution in [2.24, 2.45) is 5.10 Å². The quantitative estimate of drug-likeness (QED) is 0.165. The van der Waals surface area contributed by atoms with Crippen molar-refractivity contribution in [3.8, 4) is 16.2 Å². The minimum absolute atomic E-state index is 0.00919. The van der Waals surface area contributed by atoms with Gasteiger partial charge in [-0.15, -0.1) is 22.7 Å². The summed E-state index contributed by atoms with van der Waals surface area (Å²) in [5.41, 5.74) is 4.73. The molecule has 2 aromatic heterocycles. The van der Waals surface area contributed by atoms with Gasteiger partial charge < -0.3 is 10.4 Å². The molecule has 0 bridgehead atoms. The largest absolute Gasteiger partial charge is 0.506 e. The van der Waals surface area contributed by atoms with Crippen molar-refractivity contribution >= 4 is 73.2 Å². The minimum atomic E-state index is -3.29. The van der Waals surface area contributed by atoms with Gasteiger partial charge in [0.05, 0.1) is 40.8 Å². The Morgan fingerprint density at radius 3 is 2.28 bits per heavy atom. The summed E-state index contributed by atoms with van der Waals surface area (Å²) in [4.78, 5) is 26.5. The topological polar surface area (TPSA) is 125 Å². The molecular weight excluding hydrogens is 601 g/mol. The van der Waals surface area contributed by atoms with Gasteiger partial charge in [-0.3, -0.25) is 9.59 Å². The number of amides is 2. The molecule has 0 radical (unpaired) electrons. The average Bonchev–Trinajstić information content (AvgIpc) is 3.54. The molecule has 202 valence electrons. The fourth-order valence-corrected chi connectivity index (χ4v) is 6.15. The second-order valence-electron chi connectivity index (χ2n) is 8.36. The number of carbonyl (C=O) groups excluding carboxylic acids is 2. The summed E-state index contributed by atoms with van der Waals surface area (Å²) in [6.45, 7) is 1.84. The Morgan fingerprint density at radius 2 is 1.64 bits per heavy atom. The molecule has 0 saturated carbocycles. The highest BCUT2D eigenvalue weighted by atomic mass is 35.5. The zero-order valence-electron chi connectivity index (χ0n) is 20.5. The third-order valence-electron chi connectivity index (χ3n) is 5.52. The van der Waals surface area contributed by atoms with E-state index in [1.54, 1.807) is 42.6 Å². The lowest BCUT2D eigenvalue weighted by Crippen LogP contribution is -2.22. The van der Waals surface area contributed by atoms with Crippen LogP contribution in [0.2, 0.25) is 10.0 Å². The Balaban J connectivity index is 1.37. The van der Waals surface area contributed by atoms with Crippen molar-refractivity contribution in [3.05, 3.63) is 90.9 Å². The summed E-state index contributed by atoms with van der Waals surface area (Å²) in [5, 5.41) is 20.1. The Hall–Kier alpha value is -3.22. The third kappa shape index (κ3) is 6.87. The van der Waals surface area contributed by atoms with Crippen LogP contribution in [0.1, 0.15) is 37.4 Å². The maximum absolute atomic E-state index is 12.6. The molecule has 8 nitrogen and oxygen atoms in total. The molecule has 0 saturated heterocycles. The highest BCUT2D eigenvalue weighted by Gasteiger charge is 2.17. The normalized spacial score (nSPS) is 11.8. The van der Waals surface area contributed by atoms with Crippen LogP contribution >= 0.6 is 45.9 Å². The van der Waals surface area contributed by atoms with Crippen molar-refractivity contribution in [2.75, 3.05) is 6.26 Å². The number of hydrogen-bond donors (Lipinski definition) is 3. The van der Waals surface area contributed by atoms with Gasteiger partial charge in [-0.25, -0.2) is 13.8 Å². The smallest absolute Gasteiger partial charge is 0.281 e. The van der Waals surface area contributed by atoms with Crippen molar-refractivity contribution < 1.29 is 23.1 Å². The first kappa shape index (κ1) is 28.8. The van der Waals surface area contributed by atoms with E-state index in [9.17, 15) is 23.1 Å². The third-order valence-corrected chi connectivity index (χ3v) is 9.49. The number of rotatable bonds is 8. The lowest BCUT2D eigenvalue weighted by Gasteiger charge is -2.05. The molecule has 2 aromatic carbocycles. The number of thiophene rings is 2. The fraction of sp³-hybridized carbons (Fsp3) is 0.115. The van der Waals surface area contributed by atoms with Crippen LogP contribution in [0.4, 0.5) is 0 Å². The number of aromatic hydroxyl groups is 1. The first-order valence-corrected chi connectivity index (χ1v) is 15.6. The summed E-state index contributed by atoms with van der Waals surface area (Å²) >= 11 is 14.4. The first-order valence-electron chi connectivity index (χ1n) is 11.2. The van der Waals surface area contributed by atoms with Crippen molar-refractivity contribution in [3.63, 3.8) is 0 Å². The molecule has 0 atom stereocenters. The SMILES string of the molecule is CC(=NNC(=O)c1ccc(C(=O)NCc2ccc(S(C)(=O)=O)cc2)s1)c1csc(-c2ccc(Cl)c(Cl)c2)c1O. The molecule has 3 N–H and O–H groups in total. The highest BCUT2D eigenvalue weighted by Crippen LogP contribution is 2.40. The van der Waals surface area contributed by atoms with Crippen LogP contribution in [0.25, 0.3) is 10.4 Å². The average molecular weight is 623 g/mol. The lowest BCUT2D eigenvalue weighted by atomic mass is 10.1. The first-order chi connectivity index (χ1) is 18.4. The zero-order chi connectivity index (χ0) is 28.3. The Kier molecular flexibility index (Phi) is 8.77. The van der Waals surface area contributed by atoms with Gasteiger partial charge in [0.15, 0.2) is 9.84 Å². The summed E-state index contributed by atoms with van der Waals surface area (Å²) in [5.74, 6) is -0.868. The van der Waals surface area contributed by atoms with E-state index in [4.69, 9.17) is 23.2 Å². The van der Waals surface area contributed by atoms with Gasteiger partial charge in [-0.2, -0.15) is 5.10 Å². The van der Waals surface area contributed by atoms with E-state index in [-0.39, 0.29) is 28.0 Å². The molecular formula is C26H21Cl2N3O5S3. The number of nitrogens with one attached hydrogen (secondary N) is 2. The number of sulfone groups is 1. The molecule has 2 amide bonds. The summed E-state index contributed by atoms with van der Waals surface area (Å²) in [6, 6.07) is 14.3. The molecule has 0 aliphatic carbocycles. The zero-order valence-corrected chi connectivity index (χ0v) is 24.5. The van der Waals surface area contributed by atoms with E-state index >= 15 is 0 Å². The Morgan fingerprint density at radius 1 is 0.974 bits per heavy atom. The van der Waals surface area contributed by atoms with Crippen molar-refractivity contribution in [1.29, 1.82) is 0 Å². The Labute approximate surface area is 242 Å². The molecule has 0 spiro atoms. The predicted molar refractivity (Wildman–Crippen MR) is 156 cm³/mol. The van der Waals surface area contributed by atoms with Gasteiger partial charge in [0, 0.05) is 18.2 Å². The predicted octanol–water partition coefficient (Wildman–Crippen LogP) is 5.98. The van der Waals surface area contributed by atoms with Crippen LogP contribution in [-0.4, -0.2) is 37.3 Å². The van der Waals surface area contributed by atoms with Gasteiger partial charge in [0.2, 0.25) is 0 Å². The van der Waals surface area contributed by atoms with Crippen LogP contribution in [0.5, 0.6) is 5.75 Å². The second kappa shape index (κ2) is 11.9. The van der Waals surface area contributed by atoms with E-state index < -0.39 is 15.7 Å². The van der Waals surface area contributed by atoms with Crippen LogP contribution in [0, 0.1) is 0 Å². The summed E-state index contributed by atoms with van der Waals surface area (Å²) in [6.07, 6.45) is 1.13. The molecule has 2 heterocycles. The van der Waals surface area contributed by atoms with Gasteiger partial charge >= 0.3 is 0 Å². The van der Waals surface area contributed by atoms with E-state index in [1.165, 1.54) is 35.6 Å². The number of hydrogen-bond acceptors (Lipinski definition) is 8. The molecule has 39 heavy (non-hydrogen) atoms. The highest BCUT2D eigenvalue weighted by molar-refractivity contribution is 7.90. The minimum Gasteiger partial charge on any atom is -0.506 e. The van der Waals surface area contributed by atoms with E-state index in [1.807, 2.05) is 0 Å². The van der Waals surface area contributed by atoms with E-state index in [0.29, 0.717) is 36.6 Å². The van der Waals surface area contributed by atoms with Gasteiger partial charge in [0.25, 0.3) is 11.8 Å². The molecule has 0 aliphatic heterocycles. The molecule has 0 fully saturated rings. The number of halogens is 2. The van der Waals surface area contributed by atoms with Crippen LogP contribution in [0.15, 0.2) is 70.0 Å². The number of nitrogens with zero attached hydrogens (tertiary/aromatic N) is 1.